The first-order chi connectivity index (χ1) is 12.0. The fraction of sp³-hybridized carbons (Fsp3) is 0.300. The van der Waals surface area contributed by atoms with Gasteiger partial charge >= 0.3 is 0 Å². The fourth-order valence-corrected chi connectivity index (χ4v) is 3.47. The standard InChI is InChI=1S/C20H22N2O3/c1-13-7-9-14(10-8-13)22-18(23)12-11-16(20(21)24)19(22)15-5-3-4-6-17(15)25-2/h3-10,16,19H,11-12H2,1-2H3,(H2,21,24)/t16-,19-/m0/s1. The number of primary amides is 1. The second kappa shape index (κ2) is 6.97. The summed E-state index contributed by atoms with van der Waals surface area (Å²) in [4.78, 5) is 26.6. The Morgan fingerprint density at radius 1 is 1.16 bits per heavy atom. The van der Waals surface area contributed by atoms with Crippen LogP contribution in [0.2, 0.25) is 0 Å². The number of carbonyl (C=O) groups excluding carboxylic acids is 2. The van der Waals surface area contributed by atoms with Crippen LogP contribution in [0, 0.1) is 12.8 Å². The lowest BCUT2D eigenvalue weighted by Gasteiger charge is -2.40. The van der Waals surface area contributed by atoms with Crippen molar-refractivity contribution in [1.29, 1.82) is 0 Å². The van der Waals surface area contributed by atoms with Gasteiger partial charge in [-0.05, 0) is 31.5 Å². The van der Waals surface area contributed by atoms with Crippen molar-refractivity contribution in [2.45, 2.75) is 25.8 Å². The van der Waals surface area contributed by atoms with Crippen molar-refractivity contribution in [3.63, 3.8) is 0 Å². The Morgan fingerprint density at radius 3 is 2.48 bits per heavy atom. The number of methoxy groups -OCH3 is 1. The molecule has 2 N–H and O–H groups in total. The van der Waals surface area contributed by atoms with Crippen molar-refractivity contribution in [2.75, 3.05) is 12.0 Å². The summed E-state index contributed by atoms with van der Waals surface area (Å²) in [5.74, 6) is -0.237. The van der Waals surface area contributed by atoms with E-state index in [1.807, 2.05) is 55.5 Å². The molecule has 2 atom stereocenters. The molecule has 2 amide bonds. The van der Waals surface area contributed by atoms with E-state index in [0.717, 1.165) is 16.8 Å². The third kappa shape index (κ3) is 3.22. The van der Waals surface area contributed by atoms with E-state index in [9.17, 15) is 9.59 Å². The molecule has 2 aromatic carbocycles. The number of nitrogens with two attached hydrogens (primary N) is 1. The number of piperidine rings is 1. The molecule has 2 aromatic rings. The molecule has 1 heterocycles. The molecule has 1 aliphatic rings. The third-order valence-electron chi connectivity index (χ3n) is 4.73. The first-order valence-corrected chi connectivity index (χ1v) is 8.34. The fourth-order valence-electron chi connectivity index (χ4n) is 3.47. The van der Waals surface area contributed by atoms with Gasteiger partial charge in [0.2, 0.25) is 11.8 Å². The lowest BCUT2D eigenvalue weighted by molar-refractivity contribution is -0.127. The van der Waals surface area contributed by atoms with Gasteiger partial charge in [-0.2, -0.15) is 0 Å². The minimum Gasteiger partial charge on any atom is -0.496 e. The van der Waals surface area contributed by atoms with E-state index in [1.165, 1.54) is 0 Å². The summed E-state index contributed by atoms with van der Waals surface area (Å²) in [6.45, 7) is 1.99. The monoisotopic (exact) mass is 338 g/mol. The smallest absolute Gasteiger partial charge is 0.227 e. The van der Waals surface area contributed by atoms with Crippen molar-refractivity contribution in [1.82, 2.24) is 0 Å². The number of hydrogen-bond donors (Lipinski definition) is 1. The number of para-hydroxylation sites is 1. The molecule has 0 unspecified atom stereocenters. The Kier molecular flexibility index (Phi) is 4.74. The topological polar surface area (TPSA) is 72.6 Å². The third-order valence-corrected chi connectivity index (χ3v) is 4.73. The summed E-state index contributed by atoms with van der Waals surface area (Å²) in [7, 11) is 1.58. The van der Waals surface area contributed by atoms with Crippen LogP contribution in [0.1, 0.15) is 30.0 Å². The summed E-state index contributed by atoms with van der Waals surface area (Å²) in [6, 6.07) is 14.7. The lowest BCUT2D eigenvalue weighted by atomic mass is 9.83. The summed E-state index contributed by atoms with van der Waals surface area (Å²) in [5.41, 5.74) is 8.34. The largest absolute Gasteiger partial charge is 0.496 e. The van der Waals surface area contributed by atoms with E-state index in [1.54, 1.807) is 12.0 Å². The van der Waals surface area contributed by atoms with Gasteiger partial charge in [-0.15, -0.1) is 0 Å². The van der Waals surface area contributed by atoms with Gasteiger partial charge in [-0.1, -0.05) is 35.9 Å². The number of amides is 2. The van der Waals surface area contributed by atoms with Crippen molar-refractivity contribution in [3.05, 3.63) is 59.7 Å². The van der Waals surface area contributed by atoms with Gasteiger partial charge in [0.25, 0.3) is 0 Å². The SMILES string of the molecule is COc1ccccc1[C@H]1[C@@H](C(N)=O)CCC(=O)N1c1ccc(C)cc1. The predicted octanol–water partition coefficient (Wildman–Crippen LogP) is 2.97. The molecule has 130 valence electrons. The Balaban J connectivity index is 2.15. The molecule has 0 saturated carbocycles. The maximum Gasteiger partial charge on any atom is 0.227 e. The van der Waals surface area contributed by atoms with Crippen LogP contribution in [0.15, 0.2) is 48.5 Å². The van der Waals surface area contributed by atoms with Crippen molar-refractivity contribution < 1.29 is 14.3 Å². The van der Waals surface area contributed by atoms with Crippen LogP contribution in [0.4, 0.5) is 5.69 Å². The van der Waals surface area contributed by atoms with Gasteiger partial charge < -0.3 is 15.4 Å². The second-order valence-corrected chi connectivity index (χ2v) is 6.33. The van der Waals surface area contributed by atoms with Crippen molar-refractivity contribution in [2.24, 2.45) is 11.7 Å². The molecule has 1 saturated heterocycles. The molecule has 25 heavy (non-hydrogen) atoms. The van der Waals surface area contributed by atoms with Crippen LogP contribution in [-0.4, -0.2) is 18.9 Å². The Morgan fingerprint density at radius 2 is 1.84 bits per heavy atom. The summed E-state index contributed by atoms with van der Waals surface area (Å²) in [5, 5.41) is 0. The molecule has 1 aliphatic heterocycles. The lowest BCUT2D eigenvalue weighted by Crippen LogP contribution is -2.47. The van der Waals surface area contributed by atoms with Gasteiger partial charge in [0.05, 0.1) is 19.1 Å². The van der Waals surface area contributed by atoms with E-state index >= 15 is 0 Å². The summed E-state index contributed by atoms with van der Waals surface area (Å²) in [6.07, 6.45) is 0.742. The summed E-state index contributed by atoms with van der Waals surface area (Å²) >= 11 is 0. The highest BCUT2D eigenvalue weighted by Crippen LogP contribution is 2.42. The number of carbonyl (C=O) groups is 2. The number of aryl methyl sites for hydroxylation is 1. The van der Waals surface area contributed by atoms with Gasteiger partial charge in [0, 0.05) is 17.7 Å². The predicted molar refractivity (Wildman–Crippen MR) is 96.3 cm³/mol. The van der Waals surface area contributed by atoms with Crippen LogP contribution in [0.5, 0.6) is 5.75 Å². The van der Waals surface area contributed by atoms with Crippen LogP contribution in [-0.2, 0) is 9.59 Å². The average Bonchev–Trinajstić information content (AvgIpc) is 2.62. The maximum absolute atomic E-state index is 12.8. The van der Waals surface area contributed by atoms with Crippen LogP contribution >= 0.6 is 0 Å². The highest BCUT2D eigenvalue weighted by molar-refractivity contribution is 5.97. The molecule has 3 rings (SSSR count). The van der Waals surface area contributed by atoms with Crippen LogP contribution < -0.4 is 15.4 Å². The Hall–Kier alpha value is -2.82. The molecule has 5 heteroatoms. The number of rotatable bonds is 4. The van der Waals surface area contributed by atoms with Crippen molar-refractivity contribution >= 4 is 17.5 Å². The molecular formula is C20H22N2O3. The van der Waals surface area contributed by atoms with E-state index in [2.05, 4.69) is 0 Å². The van der Waals surface area contributed by atoms with Gasteiger partial charge in [0.1, 0.15) is 5.75 Å². The van der Waals surface area contributed by atoms with Gasteiger partial charge in [0.15, 0.2) is 0 Å². The van der Waals surface area contributed by atoms with Gasteiger partial charge in [-0.25, -0.2) is 0 Å². The average molecular weight is 338 g/mol. The first-order valence-electron chi connectivity index (χ1n) is 8.34. The van der Waals surface area contributed by atoms with Gasteiger partial charge in [-0.3, -0.25) is 9.59 Å². The molecule has 0 spiro atoms. The van der Waals surface area contributed by atoms with E-state index in [4.69, 9.17) is 10.5 Å². The van der Waals surface area contributed by atoms with E-state index in [-0.39, 0.29) is 5.91 Å². The van der Waals surface area contributed by atoms with E-state index < -0.39 is 17.9 Å². The highest BCUT2D eigenvalue weighted by Gasteiger charge is 2.41. The molecule has 0 aromatic heterocycles. The van der Waals surface area contributed by atoms with Crippen LogP contribution in [0.25, 0.3) is 0 Å². The molecule has 1 fully saturated rings. The minimum absolute atomic E-state index is 0.0164. The number of ether oxygens (including phenoxy) is 1. The number of benzene rings is 2. The highest BCUT2D eigenvalue weighted by atomic mass is 16.5. The zero-order chi connectivity index (χ0) is 18.0. The van der Waals surface area contributed by atoms with Crippen LogP contribution in [0.3, 0.4) is 0 Å². The number of anilines is 1. The zero-order valence-electron chi connectivity index (χ0n) is 14.4. The molecular weight excluding hydrogens is 316 g/mol. The summed E-state index contributed by atoms with van der Waals surface area (Å²) < 4.78 is 5.48. The maximum atomic E-state index is 12.8. The normalized spacial score (nSPS) is 20.4. The minimum atomic E-state index is -0.474. The van der Waals surface area contributed by atoms with E-state index in [0.29, 0.717) is 18.6 Å². The van der Waals surface area contributed by atoms with Crippen molar-refractivity contribution in [3.8, 4) is 5.75 Å². The Labute approximate surface area is 147 Å². The number of hydrogen-bond acceptors (Lipinski definition) is 3. The number of nitrogens with zero attached hydrogens (tertiary/aromatic N) is 1. The second-order valence-electron chi connectivity index (χ2n) is 6.33. The molecule has 5 nitrogen and oxygen atoms in total. The molecule has 0 aliphatic carbocycles. The molecule has 0 bridgehead atoms. The quantitative estimate of drug-likeness (QED) is 0.931. The molecule has 0 radical (unpaired) electrons. The Bertz CT molecular complexity index is 786. The zero-order valence-corrected chi connectivity index (χ0v) is 14.4. The first kappa shape index (κ1) is 17.0.